The highest BCUT2D eigenvalue weighted by molar-refractivity contribution is 6.06. The van der Waals surface area contributed by atoms with E-state index in [4.69, 9.17) is 5.84 Å². The van der Waals surface area contributed by atoms with E-state index in [9.17, 15) is 9.59 Å². The summed E-state index contributed by atoms with van der Waals surface area (Å²) in [6.07, 6.45) is 1.50. The van der Waals surface area contributed by atoms with E-state index in [1.165, 1.54) is 11.1 Å². The fraction of sp³-hybridized carbons (Fsp3) is 0.250. The van der Waals surface area contributed by atoms with Crippen LogP contribution >= 0.6 is 0 Å². The van der Waals surface area contributed by atoms with Crippen molar-refractivity contribution in [1.29, 1.82) is 0 Å². The number of urea groups is 1. The van der Waals surface area contributed by atoms with Crippen molar-refractivity contribution in [1.82, 2.24) is 10.2 Å². The number of benzene rings is 1. The van der Waals surface area contributed by atoms with Gasteiger partial charge in [-0.3, -0.25) is 4.79 Å². The summed E-state index contributed by atoms with van der Waals surface area (Å²) in [6, 6.07) is 6.57. The molecular weight excluding hydrogens is 232 g/mol. The Bertz CT molecular complexity index is 523. The average molecular weight is 245 g/mol. The topological polar surface area (TPSA) is 89.9 Å². The van der Waals surface area contributed by atoms with Crippen LogP contribution in [0.3, 0.4) is 0 Å². The molecule has 0 saturated carbocycles. The van der Waals surface area contributed by atoms with Crippen LogP contribution in [-0.2, 0) is 10.3 Å². The first kappa shape index (κ1) is 12.1. The molecule has 0 unspecified atom stereocenters. The summed E-state index contributed by atoms with van der Waals surface area (Å²) in [5.74, 6) is 4.61. The van der Waals surface area contributed by atoms with Gasteiger partial charge in [-0.25, -0.2) is 4.79 Å². The predicted molar refractivity (Wildman–Crippen MR) is 65.9 cm³/mol. The molecule has 2 rings (SSSR count). The number of amides is 3. The van der Waals surface area contributed by atoms with Gasteiger partial charge in [0.05, 0.1) is 6.21 Å². The molecular formula is C12H13N4O2. The Morgan fingerprint density at radius 1 is 1.33 bits per heavy atom. The number of rotatable bonds is 2. The highest BCUT2D eigenvalue weighted by atomic mass is 16.2. The third kappa shape index (κ3) is 1.62. The van der Waals surface area contributed by atoms with E-state index in [2.05, 4.69) is 10.4 Å². The smallest absolute Gasteiger partial charge is 0.323 e. The Morgan fingerprint density at radius 3 is 2.39 bits per heavy atom. The number of carbonyl (C=O) groups is 2. The van der Waals surface area contributed by atoms with Crippen molar-refractivity contribution >= 4 is 18.2 Å². The van der Waals surface area contributed by atoms with Crippen molar-refractivity contribution in [2.24, 2.45) is 10.9 Å². The van der Waals surface area contributed by atoms with E-state index in [0.717, 1.165) is 5.56 Å². The Kier molecular flexibility index (Phi) is 2.78. The quantitative estimate of drug-likeness (QED) is 0.354. The lowest BCUT2D eigenvalue weighted by atomic mass is 9.90. The standard InChI is InChI=1S/C12H13N4O2/c1-12(10(17)15-11(18)16(12)2)9-5-3-8(4-6-9)7-14-13/h3-7H,13H2,1-2H3/t12-/m1/s1. The van der Waals surface area contributed by atoms with E-state index in [1.54, 1.807) is 38.2 Å². The molecule has 1 fully saturated rings. The van der Waals surface area contributed by atoms with Gasteiger partial charge in [0.25, 0.3) is 5.91 Å². The zero-order valence-electron chi connectivity index (χ0n) is 10.1. The third-order valence-electron chi connectivity index (χ3n) is 3.27. The first-order valence-corrected chi connectivity index (χ1v) is 5.38. The van der Waals surface area contributed by atoms with Gasteiger partial charge in [-0.1, -0.05) is 24.3 Å². The Morgan fingerprint density at radius 2 is 1.94 bits per heavy atom. The van der Waals surface area contributed by atoms with Gasteiger partial charge in [0.1, 0.15) is 5.54 Å². The van der Waals surface area contributed by atoms with Crippen molar-refractivity contribution in [2.45, 2.75) is 12.5 Å². The summed E-state index contributed by atoms with van der Waals surface area (Å²) >= 11 is 0. The molecule has 0 spiro atoms. The largest absolute Gasteiger partial charge is 0.347 e. The van der Waals surface area contributed by atoms with Gasteiger partial charge < -0.3 is 10.7 Å². The second-order valence-corrected chi connectivity index (χ2v) is 4.23. The molecule has 18 heavy (non-hydrogen) atoms. The monoisotopic (exact) mass is 245 g/mol. The molecule has 93 valence electrons. The molecule has 1 atom stereocenters. The maximum atomic E-state index is 11.9. The number of hydrogen-bond donors (Lipinski definition) is 1. The maximum Gasteiger partial charge on any atom is 0.347 e. The van der Waals surface area contributed by atoms with Crippen LogP contribution in [0.25, 0.3) is 0 Å². The number of nitrogens with two attached hydrogens (primary N) is 1. The number of hydrazone groups is 1. The highest BCUT2D eigenvalue weighted by Gasteiger charge is 2.49. The van der Waals surface area contributed by atoms with Gasteiger partial charge in [-0.15, -0.1) is 0 Å². The minimum Gasteiger partial charge on any atom is -0.323 e. The van der Waals surface area contributed by atoms with Crippen LogP contribution in [0.4, 0.5) is 4.79 Å². The number of nitrogens with zero attached hydrogens (tertiary/aromatic N) is 3. The lowest BCUT2D eigenvalue weighted by Crippen LogP contribution is -2.41. The van der Waals surface area contributed by atoms with Crippen LogP contribution in [0, 0.1) is 0 Å². The molecule has 1 radical (unpaired) electrons. The van der Waals surface area contributed by atoms with E-state index in [-0.39, 0.29) is 0 Å². The number of imide groups is 1. The van der Waals surface area contributed by atoms with E-state index in [0.29, 0.717) is 5.56 Å². The summed E-state index contributed by atoms with van der Waals surface area (Å²) in [7, 11) is 1.56. The van der Waals surface area contributed by atoms with Gasteiger partial charge >= 0.3 is 6.03 Å². The van der Waals surface area contributed by atoms with Crippen LogP contribution in [-0.4, -0.2) is 30.1 Å². The van der Waals surface area contributed by atoms with Crippen molar-refractivity contribution in [3.05, 3.63) is 35.4 Å². The molecule has 3 amide bonds. The zero-order valence-corrected chi connectivity index (χ0v) is 10.1. The second kappa shape index (κ2) is 4.14. The van der Waals surface area contributed by atoms with Crippen molar-refractivity contribution in [2.75, 3.05) is 7.05 Å². The fourth-order valence-corrected chi connectivity index (χ4v) is 1.90. The zero-order chi connectivity index (χ0) is 13.3. The Balaban J connectivity index is 2.41. The molecule has 1 aliphatic heterocycles. The molecule has 1 aromatic rings. The van der Waals surface area contributed by atoms with Gasteiger partial charge in [-0.2, -0.15) is 10.4 Å². The van der Waals surface area contributed by atoms with Crippen molar-refractivity contribution in [3.8, 4) is 0 Å². The minimum absolute atomic E-state index is 0.449. The normalized spacial score (nSPS) is 23.8. The Hall–Kier alpha value is -2.37. The van der Waals surface area contributed by atoms with Crippen molar-refractivity contribution < 1.29 is 9.59 Å². The molecule has 0 aliphatic carbocycles. The molecule has 1 saturated heterocycles. The summed E-state index contributed by atoms with van der Waals surface area (Å²) in [6.45, 7) is 1.68. The predicted octanol–water partition coefficient (Wildman–Crippen LogP) is 0.391. The Labute approximate surface area is 104 Å². The van der Waals surface area contributed by atoms with Crippen LogP contribution < -0.4 is 11.2 Å². The van der Waals surface area contributed by atoms with Crippen LogP contribution in [0.1, 0.15) is 18.1 Å². The maximum absolute atomic E-state index is 11.9. The van der Waals surface area contributed by atoms with Crippen LogP contribution in [0.15, 0.2) is 29.4 Å². The lowest BCUT2D eigenvalue weighted by molar-refractivity contribution is -0.126. The molecule has 6 heteroatoms. The van der Waals surface area contributed by atoms with E-state index in [1.807, 2.05) is 0 Å². The average Bonchev–Trinajstić information content (AvgIpc) is 2.56. The molecule has 6 nitrogen and oxygen atoms in total. The summed E-state index contributed by atoms with van der Waals surface area (Å²) in [5, 5.41) is 6.88. The number of carbonyl (C=O) groups excluding carboxylic acids is 2. The first-order valence-electron chi connectivity index (χ1n) is 5.38. The third-order valence-corrected chi connectivity index (χ3v) is 3.27. The van der Waals surface area contributed by atoms with Crippen LogP contribution in [0.5, 0.6) is 0 Å². The second-order valence-electron chi connectivity index (χ2n) is 4.23. The minimum atomic E-state index is -1.03. The molecule has 1 heterocycles. The van der Waals surface area contributed by atoms with E-state index >= 15 is 0 Å². The summed E-state index contributed by atoms with van der Waals surface area (Å²) in [4.78, 5) is 24.6. The van der Waals surface area contributed by atoms with Crippen molar-refractivity contribution in [3.63, 3.8) is 0 Å². The van der Waals surface area contributed by atoms with Gasteiger partial charge in [-0.05, 0) is 18.1 Å². The molecule has 0 bridgehead atoms. The lowest BCUT2D eigenvalue weighted by Gasteiger charge is -2.28. The number of hydrogen-bond acceptors (Lipinski definition) is 4. The SMILES string of the molecule is CN1C(=O)[N]C(=O)[C@@]1(C)c1ccc(C=NN)cc1. The summed E-state index contributed by atoms with van der Waals surface area (Å²) in [5.41, 5.74) is 0.495. The summed E-state index contributed by atoms with van der Waals surface area (Å²) < 4.78 is 0. The highest BCUT2D eigenvalue weighted by Crippen LogP contribution is 2.32. The van der Waals surface area contributed by atoms with Gasteiger partial charge in [0, 0.05) is 7.05 Å². The molecule has 2 N–H and O–H groups in total. The van der Waals surface area contributed by atoms with E-state index < -0.39 is 17.5 Å². The molecule has 1 aromatic carbocycles. The molecule has 1 aliphatic rings. The van der Waals surface area contributed by atoms with Gasteiger partial charge in [0.2, 0.25) is 0 Å². The van der Waals surface area contributed by atoms with Crippen LogP contribution in [0.2, 0.25) is 0 Å². The fourth-order valence-electron chi connectivity index (χ4n) is 1.90. The molecule has 0 aromatic heterocycles. The number of likely N-dealkylation sites (N-methyl/N-ethyl adjacent to an activating group) is 1. The first-order chi connectivity index (χ1) is 8.50. The van der Waals surface area contributed by atoms with Gasteiger partial charge in [0.15, 0.2) is 0 Å².